The van der Waals surface area contributed by atoms with E-state index in [1.54, 1.807) is 23.1 Å². The Kier molecular flexibility index (Phi) is 5.51. The molecule has 0 aliphatic carbocycles. The second kappa shape index (κ2) is 8.49. The van der Waals surface area contributed by atoms with Gasteiger partial charge in [0.05, 0.1) is 36.5 Å². The number of nitrogens with zero attached hydrogens (tertiary/aromatic N) is 4. The fourth-order valence-corrected chi connectivity index (χ4v) is 5.58. The van der Waals surface area contributed by atoms with Gasteiger partial charge in [0, 0.05) is 34.7 Å². The van der Waals surface area contributed by atoms with Crippen molar-refractivity contribution in [3.05, 3.63) is 88.7 Å². The lowest BCUT2D eigenvalue weighted by Gasteiger charge is -2.21. The standard InChI is InChI=1S/C24H22N4O3S2/c1-31-23-11-7-6-10-19(23)21-14-22(28(25-21)33(2,29)30)20-15-27(18-8-4-3-5-9-18)26-24(20)17-12-13-32-16-17/h3-13,15-16,22H,14H2,1-2H3. The minimum atomic E-state index is -3.63. The predicted molar refractivity (Wildman–Crippen MR) is 130 cm³/mol. The van der Waals surface area contributed by atoms with Gasteiger partial charge in [0.15, 0.2) is 0 Å². The molecule has 0 bridgehead atoms. The largest absolute Gasteiger partial charge is 0.496 e. The molecule has 9 heteroatoms. The highest BCUT2D eigenvalue weighted by molar-refractivity contribution is 7.88. The molecule has 2 aromatic heterocycles. The van der Waals surface area contributed by atoms with Gasteiger partial charge in [-0.15, -0.1) is 0 Å². The number of para-hydroxylation sites is 2. The lowest BCUT2D eigenvalue weighted by atomic mass is 9.97. The highest BCUT2D eigenvalue weighted by Gasteiger charge is 2.38. The number of sulfonamides is 1. The minimum Gasteiger partial charge on any atom is -0.496 e. The Morgan fingerprint density at radius 2 is 1.82 bits per heavy atom. The molecule has 1 atom stereocenters. The van der Waals surface area contributed by atoms with E-state index in [0.29, 0.717) is 17.9 Å². The highest BCUT2D eigenvalue weighted by atomic mass is 32.2. The number of benzene rings is 2. The first-order chi connectivity index (χ1) is 16.0. The summed E-state index contributed by atoms with van der Waals surface area (Å²) in [5.74, 6) is 0.656. The molecule has 7 nitrogen and oxygen atoms in total. The molecule has 0 saturated carbocycles. The average molecular weight is 479 g/mol. The second-order valence-electron chi connectivity index (χ2n) is 7.73. The molecule has 0 N–H and O–H groups in total. The molecule has 33 heavy (non-hydrogen) atoms. The molecule has 1 aliphatic rings. The van der Waals surface area contributed by atoms with Crippen LogP contribution < -0.4 is 4.74 Å². The number of ether oxygens (including phenoxy) is 1. The van der Waals surface area contributed by atoms with E-state index in [1.165, 1.54) is 10.7 Å². The minimum absolute atomic E-state index is 0.408. The van der Waals surface area contributed by atoms with E-state index >= 15 is 0 Å². The van der Waals surface area contributed by atoms with Crippen LogP contribution in [0.25, 0.3) is 16.9 Å². The van der Waals surface area contributed by atoms with E-state index in [2.05, 4.69) is 5.10 Å². The van der Waals surface area contributed by atoms with Crippen LogP contribution >= 0.6 is 11.3 Å². The van der Waals surface area contributed by atoms with Gasteiger partial charge in [0.2, 0.25) is 10.0 Å². The summed E-state index contributed by atoms with van der Waals surface area (Å²) >= 11 is 1.57. The van der Waals surface area contributed by atoms with Crippen molar-refractivity contribution in [1.82, 2.24) is 14.2 Å². The first kappa shape index (κ1) is 21.4. The van der Waals surface area contributed by atoms with Gasteiger partial charge in [-0.05, 0) is 35.7 Å². The van der Waals surface area contributed by atoms with Crippen LogP contribution in [0.1, 0.15) is 23.6 Å². The smallest absolute Gasteiger partial charge is 0.247 e. The lowest BCUT2D eigenvalue weighted by Crippen LogP contribution is -2.26. The van der Waals surface area contributed by atoms with E-state index < -0.39 is 16.1 Å². The van der Waals surface area contributed by atoms with Gasteiger partial charge in [-0.3, -0.25) is 0 Å². The van der Waals surface area contributed by atoms with E-state index in [9.17, 15) is 8.42 Å². The summed E-state index contributed by atoms with van der Waals surface area (Å²) in [5.41, 5.74) is 4.83. The third kappa shape index (κ3) is 4.05. The maximum absolute atomic E-state index is 12.8. The Morgan fingerprint density at radius 1 is 1.06 bits per heavy atom. The zero-order valence-electron chi connectivity index (χ0n) is 18.1. The molecule has 168 valence electrons. The van der Waals surface area contributed by atoms with Crippen LogP contribution in [0.2, 0.25) is 0 Å². The first-order valence-electron chi connectivity index (χ1n) is 10.3. The molecule has 0 radical (unpaired) electrons. The molecule has 0 saturated heterocycles. The van der Waals surface area contributed by atoms with Crippen LogP contribution in [-0.4, -0.2) is 41.7 Å². The molecule has 0 fully saturated rings. The molecule has 0 amide bonds. The Labute approximate surface area is 196 Å². The zero-order chi connectivity index (χ0) is 23.0. The molecule has 1 aliphatic heterocycles. The van der Waals surface area contributed by atoms with E-state index in [0.717, 1.165) is 28.1 Å². The molecular weight excluding hydrogens is 456 g/mol. The van der Waals surface area contributed by atoms with E-state index in [-0.39, 0.29) is 0 Å². The second-order valence-corrected chi connectivity index (χ2v) is 10.3. The summed E-state index contributed by atoms with van der Waals surface area (Å²) in [4.78, 5) is 0. The molecule has 4 aromatic rings. The molecule has 3 heterocycles. The van der Waals surface area contributed by atoms with Gasteiger partial charge in [-0.25, -0.2) is 13.1 Å². The van der Waals surface area contributed by atoms with Gasteiger partial charge in [-0.1, -0.05) is 30.3 Å². The van der Waals surface area contributed by atoms with E-state index in [1.807, 2.05) is 77.6 Å². The fraction of sp³-hybridized carbons (Fsp3) is 0.167. The van der Waals surface area contributed by atoms with Crippen LogP contribution in [0.5, 0.6) is 5.75 Å². The molecule has 5 rings (SSSR count). The van der Waals surface area contributed by atoms with Gasteiger partial charge in [-0.2, -0.15) is 26.0 Å². The number of rotatable bonds is 6. The van der Waals surface area contributed by atoms with Crippen LogP contribution in [-0.2, 0) is 10.0 Å². The van der Waals surface area contributed by atoms with Crippen molar-refractivity contribution in [2.75, 3.05) is 13.4 Å². The summed E-state index contributed by atoms with van der Waals surface area (Å²) in [5, 5.41) is 13.4. The molecule has 2 aromatic carbocycles. The van der Waals surface area contributed by atoms with Gasteiger partial charge in [0.25, 0.3) is 0 Å². The summed E-state index contributed by atoms with van der Waals surface area (Å²) < 4.78 is 34.1. The van der Waals surface area contributed by atoms with Gasteiger partial charge in [0.1, 0.15) is 5.75 Å². The Bertz CT molecular complexity index is 1410. The van der Waals surface area contributed by atoms with Crippen molar-refractivity contribution in [3.63, 3.8) is 0 Å². The van der Waals surface area contributed by atoms with Crippen molar-refractivity contribution in [1.29, 1.82) is 0 Å². The summed E-state index contributed by atoms with van der Waals surface area (Å²) in [7, 11) is -2.03. The monoisotopic (exact) mass is 478 g/mol. The number of thiophene rings is 1. The van der Waals surface area contributed by atoms with Crippen molar-refractivity contribution in [2.24, 2.45) is 5.10 Å². The highest BCUT2D eigenvalue weighted by Crippen LogP contribution is 2.40. The van der Waals surface area contributed by atoms with Crippen molar-refractivity contribution >= 4 is 27.1 Å². The van der Waals surface area contributed by atoms with Crippen molar-refractivity contribution < 1.29 is 13.2 Å². The maximum atomic E-state index is 12.8. The van der Waals surface area contributed by atoms with Crippen LogP contribution in [0.3, 0.4) is 0 Å². The van der Waals surface area contributed by atoms with Crippen LogP contribution in [0, 0.1) is 0 Å². The molecule has 1 unspecified atom stereocenters. The quantitative estimate of drug-likeness (QED) is 0.402. The zero-order valence-corrected chi connectivity index (χ0v) is 19.8. The number of methoxy groups -OCH3 is 1. The summed E-state index contributed by atoms with van der Waals surface area (Å²) in [6, 6.07) is 18.8. The maximum Gasteiger partial charge on any atom is 0.247 e. The Morgan fingerprint density at radius 3 is 2.52 bits per heavy atom. The Balaban J connectivity index is 1.64. The van der Waals surface area contributed by atoms with Gasteiger partial charge >= 0.3 is 0 Å². The first-order valence-corrected chi connectivity index (χ1v) is 13.1. The number of hydrogen-bond donors (Lipinski definition) is 0. The SMILES string of the molecule is COc1ccccc1C1=NN(S(C)(=O)=O)C(c2cn(-c3ccccc3)nc2-c2ccsc2)C1. The third-order valence-electron chi connectivity index (χ3n) is 5.55. The van der Waals surface area contributed by atoms with Gasteiger partial charge < -0.3 is 4.74 Å². The number of hydrazone groups is 1. The normalized spacial score (nSPS) is 16.1. The van der Waals surface area contributed by atoms with Crippen molar-refractivity contribution in [3.8, 4) is 22.7 Å². The fourth-order valence-electron chi connectivity index (χ4n) is 4.04. The third-order valence-corrected chi connectivity index (χ3v) is 7.25. The summed E-state index contributed by atoms with van der Waals surface area (Å²) in [6.07, 6.45) is 3.50. The van der Waals surface area contributed by atoms with E-state index in [4.69, 9.17) is 9.84 Å². The van der Waals surface area contributed by atoms with Crippen LogP contribution in [0.15, 0.2) is 82.7 Å². The summed E-state index contributed by atoms with van der Waals surface area (Å²) in [6.45, 7) is 0. The predicted octanol–water partition coefficient (Wildman–Crippen LogP) is 4.72. The Hall–Kier alpha value is -3.43. The van der Waals surface area contributed by atoms with Crippen LogP contribution in [0.4, 0.5) is 0 Å². The average Bonchev–Trinajstić information content (AvgIpc) is 3.58. The molecular formula is C24H22N4O3S2. The topological polar surface area (TPSA) is 76.8 Å². The number of hydrogen-bond acceptors (Lipinski definition) is 6. The number of aromatic nitrogens is 2. The molecule has 0 spiro atoms. The van der Waals surface area contributed by atoms with Crippen molar-refractivity contribution in [2.45, 2.75) is 12.5 Å². The lowest BCUT2D eigenvalue weighted by molar-refractivity contribution is 0.375.